The Morgan fingerprint density at radius 1 is 1.16 bits per heavy atom. The van der Waals surface area contributed by atoms with Crippen LogP contribution in [0.15, 0.2) is 24.4 Å². The van der Waals surface area contributed by atoms with E-state index < -0.39 is 0 Å². The highest BCUT2D eigenvalue weighted by atomic mass is 35.5. The largest absolute Gasteiger partial charge is 0.373 e. The molecule has 2 aliphatic rings. The second-order valence-corrected chi connectivity index (χ2v) is 8.63. The van der Waals surface area contributed by atoms with Crippen molar-refractivity contribution < 1.29 is 14.3 Å². The summed E-state index contributed by atoms with van der Waals surface area (Å²) in [4.78, 5) is 29.0. The molecule has 5 rings (SSSR count). The molecule has 0 saturated heterocycles. The molecule has 0 spiro atoms. The smallest absolute Gasteiger partial charge is 0.256 e. The second-order valence-electron chi connectivity index (χ2n) is 8.23. The summed E-state index contributed by atoms with van der Waals surface area (Å²) in [5.41, 5.74) is 5.97. The van der Waals surface area contributed by atoms with Gasteiger partial charge in [0.1, 0.15) is 0 Å². The number of nitrogens with zero attached hydrogens (tertiary/aromatic N) is 2. The number of rotatable bonds is 0. The van der Waals surface area contributed by atoms with Crippen LogP contribution in [0.3, 0.4) is 0 Å². The first-order valence-corrected chi connectivity index (χ1v) is 10.7. The maximum Gasteiger partial charge on any atom is 0.256 e. The molecule has 2 aromatic heterocycles. The van der Waals surface area contributed by atoms with Gasteiger partial charge in [0.25, 0.3) is 11.8 Å². The predicted molar refractivity (Wildman–Crippen MR) is 122 cm³/mol. The maximum absolute atomic E-state index is 12.9. The Balaban J connectivity index is 1.73. The van der Waals surface area contributed by atoms with Crippen molar-refractivity contribution in [2.45, 2.75) is 26.5 Å². The number of carbonyl (C=O) groups excluding carboxylic acids is 2. The van der Waals surface area contributed by atoms with E-state index in [1.165, 1.54) is 0 Å². The molecule has 2 aliphatic heterocycles. The van der Waals surface area contributed by atoms with Gasteiger partial charge in [-0.05, 0) is 43.7 Å². The number of hydrogen-bond donors (Lipinski definition) is 3. The number of carbonyl (C=O) groups is 2. The number of halogens is 1. The Morgan fingerprint density at radius 3 is 2.78 bits per heavy atom. The van der Waals surface area contributed by atoms with Gasteiger partial charge >= 0.3 is 0 Å². The molecule has 8 nitrogen and oxygen atoms in total. The summed E-state index contributed by atoms with van der Waals surface area (Å²) in [6.07, 6.45) is 3.61. The fraction of sp³-hybridized carbons (Fsp3) is 0.261. The Morgan fingerprint density at radius 2 is 1.97 bits per heavy atom. The molecule has 0 fully saturated rings. The van der Waals surface area contributed by atoms with Gasteiger partial charge in [-0.1, -0.05) is 11.6 Å². The van der Waals surface area contributed by atoms with Crippen LogP contribution in [0.5, 0.6) is 0 Å². The van der Waals surface area contributed by atoms with Crippen LogP contribution in [0, 0.1) is 6.92 Å². The molecule has 164 valence electrons. The van der Waals surface area contributed by atoms with Crippen LogP contribution in [-0.2, 0) is 23.2 Å². The first-order valence-electron chi connectivity index (χ1n) is 10.3. The molecule has 3 aromatic rings. The third-order valence-corrected chi connectivity index (χ3v) is 5.88. The molecule has 0 radical (unpaired) electrons. The predicted octanol–water partition coefficient (Wildman–Crippen LogP) is 3.52. The number of nitrogens with one attached hydrogen (secondary N) is 3. The highest BCUT2D eigenvalue weighted by Gasteiger charge is 2.29. The van der Waals surface area contributed by atoms with Crippen molar-refractivity contribution in [2.24, 2.45) is 7.05 Å². The molecule has 1 atom stereocenters. The van der Waals surface area contributed by atoms with Gasteiger partial charge < -0.3 is 20.4 Å². The molecule has 0 saturated carbocycles. The van der Waals surface area contributed by atoms with Crippen molar-refractivity contribution in [3.05, 3.63) is 57.6 Å². The van der Waals surface area contributed by atoms with Crippen LogP contribution >= 0.6 is 11.6 Å². The summed E-state index contributed by atoms with van der Waals surface area (Å²) < 4.78 is 7.59. The minimum absolute atomic E-state index is 0.215. The van der Waals surface area contributed by atoms with E-state index in [4.69, 9.17) is 16.3 Å². The maximum atomic E-state index is 12.9. The van der Waals surface area contributed by atoms with Crippen LogP contribution in [0.25, 0.3) is 22.8 Å². The fourth-order valence-electron chi connectivity index (χ4n) is 4.16. The molecule has 9 heteroatoms. The van der Waals surface area contributed by atoms with E-state index in [1.54, 1.807) is 16.8 Å². The highest BCUT2D eigenvalue weighted by Crippen LogP contribution is 2.42. The summed E-state index contributed by atoms with van der Waals surface area (Å²) in [6.45, 7) is 4.35. The van der Waals surface area contributed by atoms with Crippen molar-refractivity contribution in [3.63, 3.8) is 0 Å². The number of aromatic nitrogens is 3. The lowest BCUT2D eigenvalue weighted by Gasteiger charge is -2.14. The third-order valence-electron chi connectivity index (χ3n) is 5.58. The van der Waals surface area contributed by atoms with Gasteiger partial charge in [0.15, 0.2) is 0 Å². The molecule has 3 N–H and O–H groups in total. The first kappa shape index (κ1) is 20.5. The van der Waals surface area contributed by atoms with E-state index in [-0.39, 0.29) is 24.5 Å². The zero-order valence-electron chi connectivity index (χ0n) is 17.9. The number of ether oxygens (including phenoxy) is 1. The number of fused-ring (bicyclic) bond motifs is 4. The van der Waals surface area contributed by atoms with Crippen molar-refractivity contribution >= 4 is 40.8 Å². The number of aromatic amines is 1. The molecule has 1 aromatic carbocycles. The Kier molecular flexibility index (Phi) is 4.91. The van der Waals surface area contributed by atoms with E-state index in [0.717, 1.165) is 22.5 Å². The minimum Gasteiger partial charge on any atom is -0.373 e. The van der Waals surface area contributed by atoms with Gasteiger partial charge in [-0.15, -0.1) is 0 Å². The molecule has 2 bridgehead atoms. The topological polar surface area (TPSA) is 101 Å². The summed E-state index contributed by atoms with van der Waals surface area (Å²) in [6, 6.07) is 5.29. The average Bonchev–Trinajstić information content (AvgIpc) is 3.37. The summed E-state index contributed by atoms with van der Waals surface area (Å²) in [7, 11) is 1.84. The summed E-state index contributed by atoms with van der Waals surface area (Å²) in [5.74, 6) is -0.513. The van der Waals surface area contributed by atoms with Gasteiger partial charge in [-0.3, -0.25) is 14.3 Å². The van der Waals surface area contributed by atoms with Crippen molar-refractivity contribution in [2.75, 3.05) is 11.9 Å². The van der Waals surface area contributed by atoms with Gasteiger partial charge in [-0.2, -0.15) is 5.10 Å². The lowest BCUT2D eigenvalue weighted by Crippen LogP contribution is -2.36. The van der Waals surface area contributed by atoms with Crippen molar-refractivity contribution in [1.29, 1.82) is 0 Å². The number of aryl methyl sites for hydroxylation is 2. The lowest BCUT2D eigenvalue weighted by molar-refractivity contribution is -0.110. The van der Waals surface area contributed by atoms with Crippen LogP contribution in [0.1, 0.15) is 39.9 Å². The zero-order chi connectivity index (χ0) is 22.6. The third kappa shape index (κ3) is 3.51. The summed E-state index contributed by atoms with van der Waals surface area (Å²) >= 11 is 6.56. The standard InChI is InChI=1S/C23H22ClN5O3/c1-11-4-16-19(25-11)7-15-14-5-13(6-18(24)21(14)27-22(15)30)17-8-29(3)28-20(17)10-32-9-12(2)26-23(16)31/h4-8,12,25H,9-10H2,1-3H3,(H,26,31)(H,27,30)/b15-7+/t12-/m1/s1. The van der Waals surface area contributed by atoms with Crippen molar-refractivity contribution in [1.82, 2.24) is 20.1 Å². The number of H-pyrrole nitrogens is 1. The van der Waals surface area contributed by atoms with E-state index in [1.807, 2.05) is 39.2 Å². The normalized spacial score (nSPS) is 19.8. The summed E-state index contributed by atoms with van der Waals surface area (Å²) in [5, 5.41) is 10.8. The number of hydrogen-bond acceptors (Lipinski definition) is 4. The molecule has 32 heavy (non-hydrogen) atoms. The molecular weight excluding hydrogens is 430 g/mol. The van der Waals surface area contributed by atoms with Crippen LogP contribution < -0.4 is 10.6 Å². The minimum atomic E-state index is -0.273. The monoisotopic (exact) mass is 451 g/mol. The number of benzene rings is 1. The Bertz CT molecular complexity index is 1300. The van der Waals surface area contributed by atoms with Gasteiger partial charge in [-0.25, -0.2) is 0 Å². The highest BCUT2D eigenvalue weighted by molar-refractivity contribution is 6.41. The van der Waals surface area contributed by atoms with E-state index in [9.17, 15) is 9.59 Å². The zero-order valence-corrected chi connectivity index (χ0v) is 18.6. The quantitative estimate of drug-likeness (QED) is 0.486. The average molecular weight is 452 g/mol. The van der Waals surface area contributed by atoms with Crippen LogP contribution in [0.4, 0.5) is 5.69 Å². The lowest BCUT2D eigenvalue weighted by atomic mass is 9.98. The molecular formula is C23H22ClN5O3. The Labute approximate surface area is 189 Å². The first-order chi connectivity index (χ1) is 15.3. The number of amides is 2. The van der Waals surface area contributed by atoms with E-state index in [2.05, 4.69) is 20.7 Å². The molecule has 0 aliphatic carbocycles. The van der Waals surface area contributed by atoms with E-state index >= 15 is 0 Å². The SMILES string of the molecule is Cc1cc2c([nH]1)/C=C1/C(=O)Nc3c(Cl)cc(cc31)-c1cn(C)nc1COC[C@@H](C)NC2=O. The van der Waals surface area contributed by atoms with Crippen LogP contribution in [0.2, 0.25) is 5.02 Å². The molecule has 0 unspecified atom stereocenters. The second kappa shape index (κ2) is 7.65. The van der Waals surface area contributed by atoms with Crippen molar-refractivity contribution in [3.8, 4) is 11.1 Å². The Hall–Kier alpha value is -3.36. The van der Waals surface area contributed by atoms with Gasteiger partial charge in [0.05, 0.1) is 46.4 Å². The molecule has 4 heterocycles. The number of anilines is 1. The fourth-order valence-corrected chi connectivity index (χ4v) is 4.43. The molecule has 2 amide bonds. The van der Waals surface area contributed by atoms with Gasteiger partial charge in [0, 0.05) is 36.1 Å². The van der Waals surface area contributed by atoms with Crippen LogP contribution in [-0.4, -0.2) is 39.2 Å². The van der Waals surface area contributed by atoms with Gasteiger partial charge in [0.2, 0.25) is 0 Å². The van der Waals surface area contributed by atoms with E-state index in [0.29, 0.717) is 39.7 Å².